The van der Waals surface area contributed by atoms with Gasteiger partial charge < -0.3 is 4.90 Å². The van der Waals surface area contributed by atoms with Crippen LogP contribution in [0.3, 0.4) is 0 Å². The Balaban J connectivity index is 1.48. The fraction of sp³-hybridized carbons (Fsp3) is 0.611. The number of carbonyl (C=O) groups is 1. The molecule has 0 unspecified atom stereocenters. The van der Waals surface area contributed by atoms with Crippen LogP contribution in [-0.2, 0) is 0 Å². The normalized spacial score (nSPS) is 21.0. The number of piperazine rings is 1. The average molecular weight is 304 g/mol. The van der Waals surface area contributed by atoms with Gasteiger partial charge in [0.15, 0.2) is 0 Å². The van der Waals surface area contributed by atoms with Gasteiger partial charge in [0.05, 0.1) is 0 Å². The summed E-state index contributed by atoms with van der Waals surface area (Å²) in [5, 5.41) is 0. The third-order valence-corrected chi connectivity index (χ3v) is 4.99. The minimum absolute atomic E-state index is 0.0253. The van der Waals surface area contributed by atoms with E-state index in [1.54, 1.807) is 12.1 Å². The molecule has 1 amide bonds. The van der Waals surface area contributed by atoms with E-state index < -0.39 is 0 Å². The number of halogens is 1. The van der Waals surface area contributed by atoms with Crippen molar-refractivity contribution in [2.75, 3.05) is 32.7 Å². The fourth-order valence-electron chi connectivity index (χ4n) is 3.64. The van der Waals surface area contributed by atoms with Gasteiger partial charge in [-0.2, -0.15) is 0 Å². The van der Waals surface area contributed by atoms with Crippen molar-refractivity contribution in [2.24, 2.45) is 5.92 Å². The molecular weight excluding hydrogens is 279 g/mol. The van der Waals surface area contributed by atoms with Gasteiger partial charge in [-0.3, -0.25) is 9.69 Å². The quantitative estimate of drug-likeness (QED) is 0.856. The zero-order valence-electron chi connectivity index (χ0n) is 13.1. The highest BCUT2D eigenvalue weighted by Crippen LogP contribution is 2.24. The van der Waals surface area contributed by atoms with Crippen LogP contribution in [0, 0.1) is 11.7 Å². The molecule has 1 saturated heterocycles. The predicted molar refractivity (Wildman–Crippen MR) is 85.3 cm³/mol. The molecular formula is C18H25FN2O. The molecule has 0 N–H and O–H groups in total. The lowest BCUT2D eigenvalue weighted by atomic mass is 9.89. The van der Waals surface area contributed by atoms with E-state index in [-0.39, 0.29) is 11.7 Å². The Morgan fingerprint density at radius 2 is 1.64 bits per heavy atom. The molecule has 120 valence electrons. The molecule has 0 radical (unpaired) electrons. The van der Waals surface area contributed by atoms with E-state index in [1.807, 2.05) is 4.90 Å². The van der Waals surface area contributed by atoms with Crippen molar-refractivity contribution in [2.45, 2.75) is 32.1 Å². The molecule has 1 heterocycles. The number of benzene rings is 1. The van der Waals surface area contributed by atoms with E-state index in [1.165, 1.54) is 50.8 Å². The van der Waals surface area contributed by atoms with Crippen LogP contribution in [0.4, 0.5) is 4.39 Å². The Morgan fingerprint density at radius 3 is 2.27 bits per heavy atom. The molecule has 3 nitrogen and oxygen atoms in total. The Kier molecular flexibility index (Phi) is 5.08. The van der Waals surface area contributed by atoms with Gasteiger partial charge in [-0.25, -0.2) is 4.39 Å². The Hall–Kier alpha value is -1.42. The molecule has 1 aliphatic carbocycles. The summed E-state index contributed by atoms with van der Waals surface area (Å²) in [6, 6.07) is 5.86. The van der Waals surface area contributed by atoms with Crippen molar-refractivity contribution in [3.8, 4) is 0 Å². The highest BCUT2D eigenvalue weighted by Gasteiger charge is 2.24. The molecule has 1 aromatic rings. The van der Waals surface area contributed by atoms with Crippen LogP contribution in [-0.4, -0.2) is 48.4 Å². The minimum atomic E-state index is -0.297. The lowest BCUT2D eigenvalue weighted by molar-refractivity contribution is 0.0606. The summed E-state index contributed by atoms with van der Waals surface area (Å²) in [5.74, 6) is 0.583. The molecule has 1 aromatic carbocycles. The second kappa shape index (κ2) is 7.23. The van der Waals surface area contributed by atoms with Crippen LogP contribution < -0.4 is 0 Å². The first-order chi connectivity index (χ1) is 10.7. The molecule has 4 heteroatoms. The van der Waals surface area contributed by atoms with Crippen LogP contribution in [0.25, 0.3) is 0 Å². The lowest BCUT2D eigenvalue weighted by Gasteiger charge is -2.37. The predicted octanol–water partition coefficient (Wildman–Crippen LogP) is 3.16. The summed E-state index contributed by atoms with van der Waals surface area (Å²) in [4.78, 5) is 16.8. The van der Waals surface area contributed by atoms with Gasteiger partial charge in [-0.1, -0.05) is 19.3 Å². The van der Waals surface area contributed by atoms with Crippen LogP contribution in [0.5, 0.6) is 0 Å². The summed E-state index contributed by atoms with van der Waals surface area (Å²) >= 11 is 0. The Morgan fingerprint density at radius 1 is 1.00 bits per heavy atom. The second-order valence-corrected chi connectivity index (χ2v) is 6.60. The summed E-state index contributed by atoms with van der Waals surface area (Å²) in [6.45, 7) is 4.68. The third-order valence-electron chi connectivity index (χ3n) is 4.99. The molecule has 0 bridgehead atoms. The molecule has 2 aliphatic rings. The van der Waals surface area contributed by atoms with Crippen molar-refractivity contribution >= 4 is 5.91 Å². The van der Waals surface area contributed by atoms with E-state index in [9.17, 15) is 9.18 Å². The van der Waals surface area contributed by atoms with E-state index >= 15 is 0 Å². The maximum atomic E-state index is 12.9. The lowest BCUT2D eigenvalue weighted by Crippen LogP contribution is -2.49. The zero-order chi connectivity index (χ0) is 15.4. The molecule has 3 rings (SSSR count). The standard InChI is InChI=1S/C18H25FN2O/c19-17-8-6-16(7-9-17)18(22)21-12-10-20(11-13-21)14-15-4-2-1-3-5-15/h6-9,15H,1-5,10-14H2. The molecule has 1 saturated carbocycles. The highest BCUT2D eigenvalue weighted by atomic mass is 19.1. The number of nitrogens with zero attached hydrogens (tertiary/aromatic N) is 2. The van der Waals surface area contributed by atoms with Crippen molar-refractivity contribution in [1.29, 1.82) is 0 Å². The first-order valence-electron chi connectivity index (χ1n) is 8.49. The molecule has 2 fully saturated rings. The van der Waals surface area contributed by atoms with E-state index in [2.05, 4.69) is 4.90 Å². The minimum Gasteiger partial charge on any atom is -0.336 e. The number of amides is 1. The topological polar surface area (TPSA) is 23.6 Å². The first-order valence-corrected chi connectivity index (χ1v) is 8.49. The van der Waals surface area contributed by atoms with E-state index in [0.717, 1.165) is 32.1 Å². The Bertz CT molecular complexity index is 488. The maximum Gasteiger partial charge on any atom is 0.253 e. The first kappa shape index (κ1) is 15.5. The molecule has 0 aromatic heterocycles. The molecule has 22 heavy (non-hydrogen) atoms. The SMILES string of the molecule is O=C(c1ccc(F)cc1)N1CCN(CC2CCCCC2)CC1. The zero-order valence-corrected chi connectivity index (χ0v) is 13.1. The van der Waals surface area contributed by atoms with Crippen molar-refractivity contribution in [3.63, 3.8) is 0 Å². The third kappa shape index (κ3) is 3.86. The van der Waals surface area contributed by atoms with Gasteiger partial charge in [-0.15, -0.1) is 0 Å². The van der Waals surface area contributed by atoms with Gasteiger partial charge in [0.25, 0.3) is 5.91 Å². The largest absolute Gasteiger partial charge is 0.336 e. The summed E-state index contributed by atoms with van der Waals surface area (Å²) in [5.41, 5.74) is 0.585. The average Bonchev–Trinajstić information content (AvgIpc) is 2.57. The summed E-state index contributed by atoms with van der Waals surface area (Å²) in [6.07, 6.45) is 6.90. The monoisotopic (exact) mass is 304 g/mol. The number of hydrogen-bond donors (Lipinski definition) is 0. The summed E-state index contributed by atoms with van der Waals surface area (Å²) < 4.78 is 12.9. The van der Waals surface area contributed by atoms with E-state index in [4.69, 9.17) is 0 Å². The molecule has 0 spiro atoms. The van der Waals surface area contributed by atoms with Gasteiger partial charge >= 0.3 is 0 Å². The second-order valence-electron chi connectivity index (χ2n) is 6.60. The van der Waals surface area contributed by atoms with Crippen LogP contribution in [0.1, 0.15) is 42.5 Å². The van der Waals surface area contributed by atoms with Gasteiger partial charge in [0, 0.05) is 38.3 Å². The molecule has 1 aliphatic heterocycles. The van der Waals surface area contributed by atoms with Gasteiger partial charge in [-0.05, 0) is 43.0 Å². The number of carbonyl (C=O) groups excluding carboxylic acids is 1. The van der Waals surface area contributed by atoms with Crippen molar-refractivity contribution in [3.05, 3.63) is 35.6 Å². The molecule has 0 atom stereocenters. The van der Waals surface area contributed by atoms with E-state index in [0.29, 0.717) is 5.56 Å². The summed E-state index contributed by atoms with van der Waals surface area (Å²) in [7, 11) is 0. The smallest absolute Gasteiger partial charge is 0.253 e. The van der Waals surface area contributed by atoms with Gasteiger partial charge in [0.1, 0.15) is 5.82 Å². The van der Waals surface area contributed by atoms with Crippen molar-refractivity contribution in [1.82, 2.24) is 9.80 Å². The van der Waals surface area contributed by atoms with Crippen LogP contribution in [0.15, 0.2) is 24.3 Å². The number of hydrogen-bond acceptors (Lipinski definition) is 2. The van der Waals surface area contributed by atoms with Crippen LogP contribution >= 0.6 is 0 Å². The maximum absolute atomic E-state index is 12.9. The number of rotatable bonds is 3. The fourth-order valence-corrected chi connectivity index (χ4v) is 3.64. The highest BCUT2D eigenvalue weighted by molar-refractivity contribution is 5.94. The van der Waals surface area contributed by atoms with Crippen molar-refractivity contribution < 1.29 is 9.18 Å². The Labute approximate surface area is 132 Å². The van der Waals surface area contributed by atoms with Crippen LogP contribution in [0.2, 0.25) is 0 Å². The van der Waals surface area contributed by atoms with Gasteiger partial charge in [0.2, 0.25) is 0 Å².